The maximum Gasteiger partial charge on any atom is 0.307 e. The van der Waals surface area contributed by atoms with Crippen molar-refractivity contribution >= 4 is 11.9 Å². The number of rotatable bonds is 4. The van der Waals surface area contributed by atoms with E-state index < -0.39 is 11.9 Å². The van der Waals surface area contributed by atoms with Gasteiger partial charge in [0.25, 0.3) is 0 Å². The molecule has 0 spiro atoms. The topological polar surface area (TPSA) is 74.6 Å². The minimum absolute atomic E-state index is 0.0359. The SMILES string of the molecule is C=C(C1CCCCC1C(=O)O)C1CCCCC1C(=O)O. The first-order chi connectivity index (χ1) is 9.52. The molecule has 0 heterocycles. The molecule has 0 saturated heterocycles. The van der Waals surface area contributed by atoms with Crippen LogP contribution in [-0.4, -0.2) is 22.2 Å². The van der Waals surface area contributed by atoms with E-state index in [0.29, 0.717) is 12.8 Å². The predicted octanol–water partition coefficient (Wildman–Crippen LogP) is 3.32. The van der Waals surface area contributed by atoms with Crippen LogP contribution in [0.3, 0.4) is 0 Å². The molecule has 2 aliphatic carbocycles. The molecule has 112 valence electrons. The van der Waals surface area contributed by atoms with Crippen molar-refractivity contribution in [3.8, 4) is 0 Å². The highest BCUT2D eigenvalue weighted by Crippen LogP contribution is 2.43. The van der Waals surface area contributed by atoms with Crippen molar-refractivity contribution in [2.24, 2.45) is 23.7 Å². The van der Waals surface area contributed by atoms with Crippen LogP contribution in [0.15, 0.2) is 12.2 Å². The van der Waals surface area contributed by atoms with Crippen LogP contribution in [0.25, 0.3) is 0 Å². The lowest BCUT2D eigenvalue weighted by Gasteiger charge is -2.37. The van der Waals surface area contributed by atoms with E-state index in [1.54, 1.807) is 0 Å². The lowest BCUT2D eigenvalue weighted by atomic mass is 9.66. The summed E-state index contributed by atoms with van der Waals surface area (Å²) in [6.45, 7) is 4.14. The number of aliphatic carboxylic acids is 2. The summed E-state index contributed by atoms with van der Waals surface area (Å²) in [7, 11) is 0. The fourth-order valence-corrected chi connectivity index (χ4v) is 4.02. The molecule has 2 fully saturated rings. The average molecular weight is 280 g/mol. The predicted molar refractivity (Wildman–Crippen MR) is 75.3 cm³/mol. The second-order valence-electron chi connectivity index (χ2n) is 6.25. The Morgan fingerprint density at radius 2 is 1.00 bits per heavy atom. The number of carboxylic acids is 2. The van der Waals surface area contributed by atoms with Gasteiger partial charge >= 0.3 is 11.9 Å². The third kappa shape index (κ3) is 3.05. The summed E-state index contributed by atoms with van der Waals surface area (Å²) in [4.78, 5) is 22.8. The highest BCUT2D eigenvalue weighted by atomic mass is 16.4. The van der Waals surface area contributed by atoms with Crippen molar-refractivity contribution in [2.75, 3.05) is 0 Å². The van der Waals surface area contributed by atoms with E-state index in [1.807, 2.05) is 0 Å². The van der Waals surface area contributed by atoms with E-state index in [2.05, 4.69) is 6.58 Å². The molecule has 0 aromatic heterocycles. The van der Waals surface area contributed by atoms with Crippen LogP contribution in [0, 0.1) is 23.7 Å². The standard InChI is InChI=1S/C16H24O4/c1-10(11-6-2-4-8-13(11)15(17)18)12-7-3-5-9-14(12)16(19)20/h11-14H,1-9H2,(H,17,18)(H,19,20). The van der Waals surface area contributed by atoms with Crippen molar-refractivity contribution in [3.05, 3.63) is 12.2 Å². The summed E-state index contributed by atoms with van der Waals surface area (Å²) in [6.07, 6.45) is 7.04. The molecule has 4 unspecified atom stereocenters. The van der Waals surface area contributed by atoms with Gasteiger partial charge in [0.2, 0.25) is 0 Å². The summed E-state index contributed by atoms with van der Waals surface area (Å²) in [5, 5.41) is 18.7. The Bertz CT molecular complexity index is 365. The zero-order valence-electron chi connectivity index (χ0n) is 11.9. The van der Waals surface area contributed by atoms with Crippen LogP contribution in [-0.2, 0) is 9.59 Å². The smallest absolute Gasteiger partial charge is 0.307 e. The maximum atomic E-state index is 11.4. The van der Waals surface area contributed by atoms with Gasteiger partial charge < -0.3 is 10.2 Å². The summed E-state index contributed by atoms with van der Waals surface area (Å²) in [6, 6.07) is 0. The van der Waals surface area contributed by atoms with Gasteiger partial charge in [-0.15, -0.1) is 0 Å². The van der Waals surface area contributed by atoms with E-state index in [1.165, 1.54) is 0 Å². The molecule has 0 radical (unpaired) electrons. The van der Waals surface area contributed by atoms with Gasteiger partial charge in [-0.3, -0.25) is 9.59 Å². The van der Waals surface area contributed by atoms with Gasteiger partial charge in [0, 0.05) is 0 Å². The molecule has 0 aromatic rings. The van der Waals surface area contributed by atoms with Crippen LogP contribution in [0.1, 0.15) is 51.4 Å². The van der Waals surface area contributed by atoms with Gasteiger partial charge in [-0.25, -0.2) is 0 Å². The number of hydrogen-bond donors (Lipinski definition) is 2. The van der Waals surface area contributed by atoms with Gasteiger partial charge in [-0.05, 0) is 37.5 Å². The van der Waals surface area contributed by atoms with Crippen molar-refractivity contribution in [1.82, 2.24) is 0 Å². The highest BCUT2D eigenvalue weighted by molar-refractivity contribution is 5.72. The normalized spacial score (nSPS) is 34.4. The first kappa shape index (κ1) is 15.1. The largest absolute Gasteiger partial charge is 0.481 e. The Kier molecular flexibility index (Phi) is 4.84. The summed E-state index contributed by atoms with van der Waals surface area (Å²) in [5.41, 5.74) is 0.893. The molecule has 0 aromatic carbocycles. The lowest BCUT2D eigenvalue weighted by Crippen LogP contribution is -2.35. The Labute approximate surface area is 119 Å². The molecule has 2 aliphatic rings. The van der Waals surface area contributed by atoms with Gasteiger partial charge in [-0.1, -0.05) is 37.8 Å². The molecule has 20 heavy (non-hydrogen) atoms. The zero-order valence-corrected chi connectivity index (χ0v) is 11.9. The molecule has 2 saturated carbocycles. The average Bonchev–Trinajstić information content (AvgIpc) is 2.46. The van der Waals surface area contributed by atoms with Gasteiger partial charge in [0.15, 0.2) is 0 Å². The zero-order chi connectivity index (χ0) is 14.7. The molecule has 2 rings (SSSR count). The molecule has 4 atom stereocenters. The van der Waals surface area contributed by atoms with Crippen LogP contribution < -0.4 is 0 Å². The molecule has 0 aliphatic heterocycles. The lowest BCUT2D eigenvalue weighted by molar-refractivity contribution is -0.144. The number of allylic oxidation sites excluding steroid dienone is 1. The van der Waals surface area contributed by atoms with Crippen molar-refractivity contribution < 1.29 is 19.8 Å². The molecular weight excluding hydrogens is 256 g/mol. The molecule has 4 heteroatoms. The minimum Gasteiger partial charge on any atom is -0.481 e. The monoisotopic (exact) mass is 280 g/mol. The second kappa shape index (κ2) is 6.42. The number of hydrogen-bond acceptors (Lipinski definition) is 2. The fraction of sp³-hybridized carbons (Fsp3) is 0.750. The Hall–Kier alpha value is -1.32. The van der Waals surface area contributed by atoms with Crippen LogP contribution in [0.2, 0.25) is 0 Å². The molecular formula is C16H24O4. The van der Waals surface area contributed by atoms with Crippen molar-refractivity contribution in [1.29, 1.82) is 0 Å². The van der Waals surface area contributed by atoms with Crippen molar-refractivity contribution in [2.45, 2.75) is 51.4 Å². The third-order valence-electron chi connectivity index (χ3n) is 5.12. The number of carboxylic acid groups (broad SMARTS) is 2. The van der Waals surface area contributed by atoms with E-state index in [4.69, 9.17) is 0 Å². The Morgan fingerprint density at radius 1 is 0.700 bits per heavy atom. The molecule has 2 N–H and O–H groups in total. The van der Waals surface area contributed by atoms with Crippen LogP contribution >= 0.6 is 0 Å². The van der Waals surface area contributed by atoms with E-state index in [9.17, 15) is 19.8 Å². The molecule has 0 bridgehead atoms. The van der Waals surface area contributed by atoms with Crippen LogP contribution in [0.5, 0.6) is 0 Å². The first-order valence-electron chi connectivity index (χ1n) is 7.66. The maximum absolute atomic E-state index is 11.4. The van der Waals surface area contributed by atoms with Crippen LogP contribution in [0.4, 0.5) is 0 Å². The molecule has 0 amide bonds. The van der Waals surface area contributed by atoms with E-state index in [-0.39, 0.29) is 23.7 Å². The highest BCUT2D eigenvalue weighted by Gasteiger charge is 2.39. The summed E-state index contributed by atoms with van der Waals surface area (Å²) < 4.78 is 0. The quantitative estimate of drug-likeness (QED) is 0.775. The third-order valence-corrected chi connectivity index (χ3v) is 5.12. The first-order valence-corrected chi connectivity index (χ1v) is 7.66. The van der Waals surface area contributed by atoms with Gasteiger partial charge in [-0.2, -0.15) is 0 Å². The number of carbonyl (C=O) groups is 2. The second-order valence-corrected chi connectivity index (χ2v) is 6.25. The molecule has 4 nitrogen and oxygen atoms in total. The Morgan fingerprint density at radius 3 is 1.30 bits per heavy atom. The van der Waals surface area contributed by atoms with Gasteiger partial charge in [0.1, 0.15) is 0 Å². The minimum atomic E-state index is -0.751. The fourth-order valence-electron chi connectivity index (χ4n) is 4.02. The van der Waals surface area contributed by atoms with E-state index >= 15 is 0 Å². The van der Waals surface area contributed by atoms with Gasteiger partial charge in [0.05, 0.1) is 11.8 Å². The Balaban J connectivity index is 2.14. The summed E-state index contributed by atoms with van der Waals surface area (Å²) >= 11 is 0. The summed E-state index contributed by atoms with van der Waals surface area (Å²) in [5.74, 6) is -2.31. The van der Waals surface area contributed by atoms with E-state index in [0.717, 1.165) is 44.1 Å². The van der Waals surface area contributed by atoms with Crippen molar-refractivity contribution in [3.63, 3.8) is 0 Å².